The first-order chi connectivity index (χ1) is 12.2. The Morgan fingerprint density at radius 1 is 1.27 bits per heavy atom. The maximum absolute atomic E-state index is 12.7. The number of carboxylic acids is 1. The second-order valence-electron chi connectivity index (χ2n) is 6.43. The lowest BCUT2D eigenvalue weighted by Gasteiger charge is -2.23. The minimum absolute atomic E-state index is 0.000953. The Labute approximate surface area is 153 Å². The molecule has 1 atom stereocenters. The molecule has 0 radical (unpaired) electrons. The van der Waals surface area contributed by atoms with Crippen molar-refractivity contribution in [2.45, 2.75) is 37.1 Å². The van der Waals surface area contributed by atoms with E-state index in [1.165, 1.54) is 26.2 Å². The Hall–Kier alpha value is -2.13. The molecule has 1 aliphatic heterocycles. The average Bonchev–Trinajstić information content (AvgIpc) is 3.12. The largest absolute Gasteiger partial charge is 0.480 e. The molecule has 0 saturated carbocycles. The van der Waals surface area contributed by atoms with Gasteiger partial charge in [0, 0.05) is 32.9 Å². The van der Waals surface area contributed by atoms with Crippen LogP contribution in [-0.2, 0) is 14.8 Å². The maximum Gasteiger partial charge on any atom is 0.326 e. The van der Waals surface area contributed by atoms with Crippen LogP contribution in [0.15, 0.2) is 23.1 Å². The van der Waals surface area contributed by atoms with Crippen molar-refractivity contribution in [3.05, 3.63) is 23.8 Å². The van der Waals surface area contributed by atoms with E-state index in [9.17, 15) is 23.1 Å². The molecule has 1 aromatic carbocycles. The van der Waals surface area contributed by atoms with Crippen molar-refractivity contribution in [2.75, 3.05) is 32.1 Å². The van der Waals surface area contributed by atoms with E-state index in [4.69, 9.17) is 0 Å². The molecule has 2 rings (SSSR count). The van der Waals surface area contributed by atoms with E-state index in [-0.39, 0.29) is 16.9 Å². The third kappa shape index (κ3) is 4.16. The summed E-state index contributed by atoms with van der Waals surface area (Å²) in [5.41, 5.74) is 0.799. The second kappa shape index (κ2) is 8.05. The normalized spacial score (nSPS) is 15.9. The molecule has 1 heterocycles. The fourth-order valence-corrected chi connectivity index (χ4v) is 3.80. The van der Waals surface area contributed by atoms with E-state index in [1.807, 2.05) is 4.90 Å². The number of rotatable bonds is 7. The molecule has 144 valence electrons. The van der Waals surface area contributed by atoms with Crippen LogP contribution in [0.1, 0.15) is 36.5 Å². The van der Waals surface area contributed by atoms with Crippen molar-refractivity contribution >= 4 is 27.6 Å². The van der Waals surface area contributed by atoms with Gasteiger partial charge in [0.1, 0.15) is 6.04 Å². The lowest BCUT2D eigenvalue weighted by atomic mass is 10.1. The number of anilines is 1. The molecule has 26 heavy (non-hydrogen) atoms. The minimum atomic E-state index is -3.71. The summed E-state index contributed by atoms with van der Waals surface area (Å²) in [7, 11) is -0.870. The van der Waals surface area contributed by atoms with E-state index >= 15 is 0 Å². The molecular weight excluding hydrogens is 358 g/mol. The van der Waals surface area contributed by atoms with Crippen LogP contribution in [0.2, 0.25) is 0 Å². The molecule has 8 nitrogen and oxygen atoms in total. The third-order valence-electron chi connectivity index (χ3n) is 4.45. The number of amides is 1. The van der Waals surface area contributed by atoms with Crippen LogP contribution in [0.4, 0.5) is 5.69 Å². The van der Waals surface area contributed by atoms with Gasteiger partial charge in [-0.05, 0) is 37.5 Å². The lowest BCUT2D eigenvalue weighted by Crippen LogP contribution is -2.41. The zero-order chi connectivity index (χ0) is 19.5. The van der Waals surface area contributed by atoms with Gasteiger partial charge in [-0.1, -0.05) is 6.92 Å². The fourth-order valence-electron chi connectivity index (χ4n) is 2.88. The maximum atomic E-state index is 12.7. The molecule has 2 N–H and O–H groups in total. The molecule has 1 fully saturated rings. The number of sulfonamides is 1. The van der Waals surface area contributed by atoms with Crippen molar-refractivity contribution in [3.8, 4) is 0 Å². The van der Waals surface area contributed by atoms with Crippen LogP contribution in [0.3, 0.4) is 0 Å². The third-order valence-corrected chi connectivity index (χ3v) is 6.26. The van der Waals surface area contributed by atoms with Crippen LogP contribution < -0.4 is 10.2 Å². The quantitative estimate of drug-likeness (QED) is 0.731. The van der Waals surface area contributed by atoms with Crippen LogP contribution in [0, 0.1) is 0 Å². The number of carbonyl (C=O) groups is 2. The first kappa shape index (κ1) is 20.2. The predicted molar refractivity (Wildman–Crippen MR) is 97.9 cm³/mol. The van der Waals surface area contributed by atoms with Crippen molar-refractivity contribution < 1.29 is 23.1 Å². The fraction of sp³-hybridized carbons (Fsp3) is 0.529. The summed E-state index contributed by atoms with van der Waals surface area (Å²) < 4.78 is 25.9. The number of benzene rings is 1. The van der Waals surface area contributed by atoms with Crippen LogP contribution in [-0.4, -0.2) is 62.9 Å². The molecule has 1 amide bonds. The first-order valence-corrected chi connectivity index (χ1v) is 9.97. The predicted octanol–water partition coefficient (Wildman–Crippen LogP) is 1.13. The summed E-state index contributed by atoms with van der Waals surface area (Å²) in [6.07, 6.45) is 2.22. The summed E-state index contributed by atoms with van der Waals surface area (Å²) in [6.45, 7) is 3.21. The summed E-state index contributed by atoms with van der Waals surface area (Å²) in [6, 6.07) is 3.41. The monoisotopic (exact) mass is 383 g/mol. The Kier molecular flexibility index (Phi) is 6.25. The summed E-state index contributed by atoms with van der Waals surface area (Å²) in [4.78, 5) is 26.0. The van der Waals surface area contributed by atoms with E-state index < -0.39 is 27.9 Å². The highest BCUT2D eigenvalue weighted by Crippen LogP contribution is 2.28. The average molecular weight is 383 g/mol. The number of hydrogen-bond donors (Lipinski definition) is 2. The van der Waals surface area contributed by atoms with Crippen molar-refractivity contribution in [3.63, 3.8) is 0 Å². The number of carboxylic acid groups (broad SMARTS) is 1. The van der Waals surface area contributed by atoms with Crippen molar-refractivity contribution in [2.24, 2.45) is 0 Å². The molecular formula is C17H25N3O5S. The van der Waals surface area contributed by atoms with Gasteiger partial charge in [0.2, 0.25) is 10.0 Å². The molecule has 1 aromatic rings. The molecule has 0 spiro atoms. The Morgan fingerprint density at radius 3 is 2.38 bits per heavy atom. The van der Waals surface area contributed by atoms with Crippen LogP contribution >= 0.6 is 0 Å². The van der Waals surface area contributed by atoms with Gasteiger partial charge in [-0.25, -0.2) is 17.5 Å². The molecule has 0 bridgehead atoms. The highest BCUT2D eigenvalue weighted by atomic mass is 32.2. The van der Waals surface area contributed by atoms with Gasteiger partial charge >= 0.3 is 5.97 Å². The number of aliphatic carboxylic acids is 1. The summed E-state index contributed by atoms with van der Waals surface area (Å²) >= 11 is 0. The standard InChI is InChI=1S/C17H25N3O5S/c1-4-14(17(22)23)18-16(21)13-11-12(26(24,25)19(2)3)7-8-15(13)20-9-5-6-10-20/h7-8,11,14H,4-6,9-10H2,1-3H3,(H,18,21)(H,22,23). The van der Waals surface area contributed by atoms with E-state index in [1.54, 1.807) is 13.0 Å². The van der Waals surface area contributed by atoms with Crippen molar-refractivity contribution in [1.29, 1.82) is 0 Å². The second-order valence-corrected chi connectivity index (χ2v) is 8.58. The van der Waals surface area contributed by atoms with Gasteiger partial charge in [0.15, 0.2) is 0 Å². The molecule has 0 aliphatic carbocycles. The summed E-state index contributed by atoms with van der Waals surface area (Å²) in [5, 5.41) is 11.7. The summed E-state index contributed by atoms with van der Waals surface area (Å²) in [5.74, 6) is -1.71. The molecule has 9 heteroatoms. The Morgan fingerprint density at radius 2 is 1.88 bits per heavy atom. The zero-order valence-corrected chi connectivity index (χ0v) is 16.0. The minimum Gasteiger partial charge on any atom is -0.480 e. The number of carbonyl (C=O) groups excluding carboxylic acids is 1. The van der Waals surface area contributed by atoms with E-state index in [0.29, 0.717) is 5.69 Å². The molecule has 1 unspecified atom stereocenters. The van der Waals surface area contributed by atoms with Crippen molar-refractivity contribution in [1.82, 2.24) is 9.62 Å². The number of nitrogens with zero attached hydrogens (tertiary/aromatic N) is 2. The SMILES string of the molecule is CCC(NC(=O)c1cc(S(=O)(=O)N(C)C)ccc1N1CCCC1)C(=O)O. The smallest absolute Gasteiger partial charge is 0.326 e. The Balaban J connectivity index is 2.47. The van der Waals surface area contributed by atoms with Gasteiger partial charge in [-0.2, -0.15) is 0 Å². The number of hydrogen-bond acceptors (Lipinski definition) is 5. The highest BCUT2D eigenvalue weighted by Gasteiger charge is 2.26. The Bertz CT molecular complexity index is 786. The first-order valence-electron chi connectivity index (χ1n) is 8.53. The molecule has 1 aliphatic rings. The number of nitrogens with one attached hydrogen (secondary N) is 1. The van der Waals surface area contributed by atoms with Crippen LogP contribution in [0.25, 0.3) is 0 Å². The van der Waals surface area contributed by atoms with Gasteiger partial charge in [-0.3, -0.25) is 4.79 Å². The lowest BCUT2D eigenvalue weighted by molar-refractivity contribution is -0.139. The van der Waals surface area contributed by atoms with E-state index in [2.05, 4.69) is 5.32 Å². The molecule has 1 saturated heterocycles. The van der Waals surface area contributed by atoms with Crippen LogP contribution in [0.5, 0.6) is 0 Å². The molecule has 0 aromatic heterocycles. The topological polar surface area (TPSA) is 107 Å². The highest BCUT2D eigenvalue weighted by molar-refractivity contribution is 7.89. The van der Waals surface area contributed by atoms with E-state index in [0.717, 1.165) is 30.2 Å². The van der Waals surface area contributed by atoms with Gasteiger partial charge in [0.05, 0.1) is 10.5 Å². The van der Waals surface area contributed by atoms with Gasteiger partial charge < -0.3 is 15.3 Å². The van der Waals surface area contributed by atoms with Gasteiger partial charge in [0.25, 0.3) is 5.91 Å². The van der Waals surface area contributed by atoms with Gasteiger partial charge in [-0.15, -0.1) is 0 Å². The zero-order valence-electron chi connectivity index (χ0n) is 15.2.